The lowest BCUT2D eigenvalue weighted by Crippen LogP contribution is -2.37. The zero-order chi connectivity index (χ0) is 14.1. The second-order valence-electron chi connectivity index (χ2n) is 4.27. The Kier molecular flexibility index (Phi) is 7.79. The van der Waals surface area contributed by atoms with Gasteiger partial charge in [0.2, 0.25) is 0 Å². The van der Waals surface area contributed by atoms with E-state index in [4.69, 9.17) is 28.6 Å². The highest BCUT2D eigenvalue weighted by atomic mass is 35.5. The number of hydrogen-bond donors (Lipinski definition) is 1. The van der Waals surface area contributed by atoms with Gasteiger partial charge in [-0.15, -0.1) is 0 Å². The van der Waals surface area contributed by atoms with Gasteiger partial charge in [0.05, 0.1) is 0 Å². The molecule has 0 radical (unpaired) electrons. The number of halogens is 1. The lowest BCUT2D eigenvalue weighted by atomic mass is 10.2. The van der Waals surface area contributed by atoms with Crippen molar-refractivity contribution in [3.63, 3.8) is 0 Å². The molecule has 0 fully saturated rings. The number of hydrogen-bond acceptors (Lipinski definition) is 2. The predicted molar refractivity (Wildman–Crippen MR) is 84.6 cm³/mol. The quantitative estimate of drug-likeness (QED) is 0.618. The van der Waals surface area contributed by atoms with Gasteiger partial charge in [-0.2, -0.15) is 0 Å². The zero-order valence-corrected chi connectivity index (χ0v) is 13.1. The van der Waals surface area contributed by atoms with E-state index < -0.39 is 0 Å². The van der Waals surface area contributed by atoms with Crippen molar-refractivity contribution < 1.29 is 4.74 Å². The topological polar surface area (TPSA) is 24.5 Å². The first kappa shape index (κ1) is 16.2. The van der Waals surface area contributed by atoms with Crippen LogP contribution in [-0.2, 0) is 11.3 Å². The Morgan fingerprint density at radius 3 is 2.95 bits per heavy atom. The zero-order valence-electron chi connectivity index (χ0n) is 11.5. The van der Waals surface area contributed by atoms with Crippen LogP contribution in [0.1, 0.15) is 18.9 Å². The van der Waals surface area contributed by atoms with Crippen molar-refractivity contribution in [1.82, 2.24) is 10.2 Å². The molecule has 106 valence electrons. The minimum atomic E-state index is 0.747. The first-order valence-corrected chi connectivity index (χ1v) is 7.23. The highest BCUT2D eigenvalue weighted by Gasteiger charge is 2.04. The van der Waals surface area contributed by atoms with Gasteiger partial charge in [0.15, 0.2) is 5.11 Å². The van der Waals surface area contributed by atoms with Gasteiger partial charge >= 0.3 is 0 Å². The average molecular weight is 301 g/mol. The normalized spacial score (nSPS) is 10.3. The molecule has 5 heteroatoms. The highest BCUT2D eigenvalue weighted by molar-refractivity contribution is 7.80. The fourth-order valence-electron chi connectivity index (χ4n) is 1.63. The maximum Gasteiger partial charge on any atom is 0.168 e. The molecule has 0 spiro atoms. The van der Waals surface area contributed by atoms with E-state index in [9.17, 15) is 0 Å². The van der Waals surface area contributed by atoms with E-state index in [0.29, 0.717) is 0 Å². The van der Waals surface area contributed by atoms with Gasteiger partial charge in [-0.3, -0.25) is 0 Å². The average Bonchev–Trinajstić information content (AvgIpc) is 2.38. The SMILES string of the molecule is CCOCCCNC(=S)N(C)Cc1cccc(Cl)c1. The molecular weight excluding hydrogens is 280 g/mol. The van der Waals surface area contributed by atoms with Crippen LogP contribution in [-0.4, -0.2) is 36.8 Å². The van der Waals surface area contributed by atoms with Gasteiger partial charge in [0.1, 0.15) is 0 Å². The van der Waals surface area contributed by atoms with E-state index in [0.717, 1.165) is 48.4 Å². The molecular formula is C14H21ClN2OS. The summed E-state index contributed by atoms with van der Waals surface area (Å²) in [6.07, 6.45) is 0.957. The summed E-state index contributed by atoms with van der Waals surface area (Å²) in [6.45, 7) is 5.11. The number of nitrogens with one attached hydrogen (secondary N) is 1. The molecule has 0 bridgehead atoms. The second kappa shape index (κ2) is 9.13. The smallest absolute Gasteiger partial charge is 0.168 e. The number of thiocarbonyl (C=S) groups is 1. The van der Waals surface area contributed by atoms with Crippen LogP contribution in [0.3, 0.4) is 0 Å². The summed E-state index contributed by atoms with van der Waals surface area (Å²) in [6, 6.07) is 7.81. The molecule has 0 aliphatic rings. The standard InChI is InChI=1S/C14H21ClN2OS/c1-3-18-9-5-8-16-14(19)17(2)11-12-6-4-7-13(15)10-12/h4,6-7,10H,3,5,8-9,11H2,1-2H3,(H,16,19). The van der Waals surface area contributed by atoms with Crippen molar-refractivity contribution in [3.8, 4) is 0 Å². The molecule has 0 saturated heterocycles. The third-order valence-corrected chi connectivity index (χ3v) is 3.29. The van der Waals surface area contributed by atoms with Crippen LogP contribution in [0.4, 0.5) is 0 Å². The Morgan fingerprint density at radius 2 is 2.26 bits per heavy atom. The van der Waals surface area contributed by atoms with Gasteiger partial charge in [0.25, 0.3) is 0 Å². The number of rotatable bonds is 7. The van der Waals surface area contributed by atoms with Crippen molar-refractivity contribution in [2.24, 2.45) is 0 Å². The Labute approximate surface area is 125 Å². The van der Waals surface area contributed by atoms with E-state index >= 15 is 0 Å². The number of ether oxygens (including phenoxy) is 1. The summed E-state index contributed by atoms with van der Waals surface area (Å²) >= 11 is 11.3. The first-order valence-electron chi connectivity index (χ1n) is 6.44. The van der Waals surface area contributed by atoms with Crippen molar-refractivity contribution in [2.75, 3.05) is 26.8 Å². The summed E-state index contributed by atoms with van der Waals surface area (Å²) in [7, 11) is 1.97. The molecule has 1 rings (SSSR count). The van der Waals surface area contributed by atoms with Crippen molar-refractivity contribution in [3.05, 3.63) is 34.9 Å². The lowest BCUT2D eigenvalue weighted by Gasteiger charge is -2.21. The molecule has 1 aromatic carbocycles. The monoisotopic (exact) mass is 300 g/mol. The molecule has 1 aromatic rings. The van der Waals surface area contributed by atoms with Crippen LogP contribution in [0.2, 0.25) is 5.02 Å². The van der Waals surface area contributed by atoms with E-state index in [1.165, 1.54) is 0 Å². The van der Waals surface area contributed by atoms with Gasteiger partial charge in [0, 0.05) is 38.4 Å². The van der Waals surface area contributed by atoms with Crippen LogP contribution < -0.4 is 5.32 Å². The van der Waals surface area contributed by atoms with Crippen LogP contribution in [0.25, 0.3) is 0 Å². The van der Waals surface area contributed by atoms with Crippen molar-refractivity contribution in [1.29, 1.82) is 0 Å². The molecule has 0 heterocycles. The molecule has 0 aliphatic heterocycles. The maximum atomic E-state index is 5.96. The van der Waals surface area contributed by atoms with E-state index in [1.807, 2.05) is 43.1 Å². The molecule has 19 heavy (non-hydrogen) atoms. The van der Waals surface area contributed by atoms with Gasteiger partial charge in [-0.05, 0) is 43.3 Å². The number of benzene rings is 1. The first-order chi connectivity index (χ1) is 9.13. The largest absolute Gasteiger partial charge is 0.382 e. The molecule has 3 nitrogen and oxygen atoms in total. The van der Waals surface area contributed by atoms with Crippen LogP contribution >= 0.6 is 23.8 Å². The molecule has 1 N–H and O–H groups in total. The molecule has 0 aliphatic carbocycles. The van der Waals surface area contributed by atoms with Crippen LogP contribution in [0, 0.1) is 0 Å². The summed E-state index contributed by atoms with van der Waals surface area (Å²) in [5.74, 6) is 0. The van der Waals surface area contributed by atoms with Gasteiger partial charge in [-0.25, -0.2) is 0 Å². The minimum absolute atomic E-state index is 0.747. The maximum absolute atomic E-state index is 5.96. The Balaban J connectivity index is 2.28. The molecule has 0 aromatic heterocycles. The lowest BCUT2D eigenvalue weighted by molar-refractivity contribution is 0.145. The molecule has 0 amide bonds. The summed E-state index contributed by atoms with van der Waals surface area (Å²) in [5, 5.41) is 4.72. The summed E-state index contributed by atoms with van der Waals surface area (Å²) < 4.78 is 5.27. The van der Waals surface area contributed by atoms with Gasteiger partial charge < -0.3 is 15.0 Å². The summed E-state index contributed by atoms with van der Waals surface area (Å²) in [4.78, 5) is 2.00. The van der Waals surface area contributed by atoms with Crippen LogP contribution in [0.5, 0.6) is 0 Å². The Bertz CT molecular complexity index is 401. The van der Waals surface area contributed by atoms with Gasteiger partial charge in [-0.1, -0.05) is 23.7 Å². The number of nitrogens with zero attached hydrogens (tertiary/aromatic N) is 1. The third-order valence-electron chi connectivity index (χ3n) is 2.60. The predicted octanol–water partition coefficient (Wildman–Crippen LogP) is 3.07. The Hall–Kier alpha value is -0.840. The molecule has 0 saturated carbocycles. The molecule has 0 unspecified atom stereocenters. The third kappa shape index (κ3) is 6.76. The fraction of sp³-hybridized carbons (Fsp3) is 0.500. The van der Waals surface area contributed by atoms with E-state index in [2.05, 4.69) is 5.32 Å². The fourth-order valence-corrected chi connectivity index (χ4v) is 2.01. The van der Waals surface area contributed by atoms with E-state index in [1.54, 1.807) is 0 Å². The molecule has 0 atom stereocenters. The van der Waals surface area contributed by atoms with Crippen LogP contribution in [0.15, 0.2) is 24.3 Å². The minimum Gasteiger partial charge on any atom is -0.382 e. The Morgan fingerprint density at radius 1 is 1.47 bits per heavy atom. The van der Waals surface area contributed by atoms with E-state index in [-0.39, 0.29) is 0 Å². The summed E-state index contributed by atoms with van der Waals surface area (Å²) in [5.41, 5.74) is 1.15. The highest BCUT2D eigenvalue weighted by Crippen LogP contribution is 2.12. The van der Waals surface area contributed by atoms with Crippen molar-refractivity contribution in [2.45, 2.75) is 19.9 Å². The van der Waals surface area contributed by atoms with Crippen molar-refractivity contribution >= 4 is 28.9 Å². The second-order valence-corrected chi connectivity index (χ2v) is 5.09.